The Labute approximate surface area is 118 Å². The summed E-state index contributed by atoms with van der Waals surface area (Å²) < 4.78 is 19.0. The maximum Gasteiger partial charge on any atom is 0.181 e. The van der Waals surface area contributed by atoms with Crippen LogP contribution in [-0.2, 0) is 4.74 Å². The monoisotopic (exact) mass is 280 g/mol. The first kappa shape index (κ1) is 14.7. The number of hydrogen-bond donors (Lipinski definition) is 2. The highest BCUT2D eigenvalue weighted by Gasteiger charge is 2.16. The normalized spacial score (nSPS) is 18.0. The molecule has 1 aliphatic heterocycles. The Hall–Kier alpha value is -1.66. The van der Waals surface area contributed by atoms with Gasteiger partial charge in [0, 0.05) is 33.1 Å². The quantitative estimate of drug-likeness (QED) is 0.646. The molecular weight excluding hydrogens is 259 g/mol. The average Bonchev–Trinajstić information content (AvgIpc) is 2.48. The van der Waals surface area contributed by atoms with Gasteiger partial charge in [0.25, 0.3) is 0 Å². The summed E-state index contributed by atoms with van der Waals surface area (Å²) in [4.78, 5) is 6.22. The van der Waals surface area contributed by atoms with Crippen LogP contribution in [0.5, 0.6) is 0 Å². The Bertz CT molecular complexity index is 486. The van der Waals surface area contributed by atoms with Crippen molar-refractivity contribution < 1.29 is 9.13 Å². The Kier molecular flexibility index (Phi) is 4.92. The van der Waals surface area contributed by atoms with Gasteiger partial charge in [0.05, 0.1) is 12.8 Å². The molecule has 0 aromatic heterocycles. The minimum Gasteiger partial charge on any atom is -0.484 e. The summed E-state index contributed by atoms with van der Waals surface area (Å²) in [5.41, 5.74) is 7.36. The van der Waals surface area contributed by atoms with Crippen LogP contribution in [0, 0.1) is 5.82 Å². The molecule has 3 N–H and O–H groups in total. The third-order valence-electron chi connectivity index (χ3n) is 3.39. The fourth-order valence-corrected chi connectivity index (χ4v) is 2.18. The Balaban J connectivity index is 2.23. The molecule has 0 bridgehead atoms. The van der Waals surface area contributed by atoms with E-state index in [9.17, 15) is 4.39 Å². The molecule has 2 rings (SSSR count). The molecule has 6 heteroatoms. The third kappa shape index (κ3) is 3.46. The number of nitrogens with zero attached hydrogens (tertiary/aromatic N) is 2. The predicted molar refractivity (Wildman–Crippen MR) is 78.5 cm³/mol. The third-order valence-corrected chi connectivity index (χ3v) is 3.39. The molecule has 5 nitrogen and oxygen atoms in total. The van der Waals surface area contributed by atoms with Gasteiger partial charge in [-0.2, -0.15) is 0 Å². The minimum atomic E-state index is -0.544. The number of anilines is 1. The first-order valence-corrected chi connectivity index (χ1v) is 6.71. The van der Waals surface area contributed by atoms with Crippen LogP contribution in [0.15, 0.2) is 23.2 Å². The van der Waals surface area contributed by atoms with E-state index in [0.717, 1.165) is 31.7 Å². The number of ether oxygens (including phenoxy) is 1. The Morgan fingerprint density at radius 1 is 1.45 bits per heavy atom. The summed E-state index contributed by atoms with van der Waals surface area (Å²) in [6.45, 7) is 5.03. The molecule has 0 spiro atoms. The van der Waals surface area contributed by atoms with E-state index in [4.69, 9.17) is 10.5 Å². The molecule has 1 heterocycles. The van der Waals surface area contributed by atoms with Crippen LogP contribution in [0.1, 0.15) is 18.7 Å². The number of nitrogens with two attached hydrogens (primary N) is 1. The highest BCUT2D eigenvalue weighted by Crippen LogP contribution is 2.24. The predicted octanol–water partition coefficient (Wildman–Crippen LogP) is 1.26. The summed E-state index contributed by atoms with van der Waals surface area (Å²) in [5, 5.41) is 3.25. The molecule has 0 saturated carbocycles. The van der Waals surface area contributed by atoms with Gasteiger partial charge in [-0.3, -0.25) is 0 Å². The summed E-state index contributed by atoms with van der Waals surface area (Å²) in [7, 11) is 1.54. The van der Waals surface area contributed by atoms with Crippen molar-refractivity contribution in [2.75, 3.05) is 38.2 Å². The minimum absolute atomic E-state index is 0.227. The zero-order valence-electron chi connectivity index (χ0n) is 11.9. The summed E-state index contributed by atoms with van der Waals surface area (Å²) in [6.07, 6.45) is -0.544. The zero-order valence-corrected chi connectivity index (χ0v) is 11.9. The van der Waals surface area contributed by atoms with E-state index in [2.05, 4.69) is 10.3 Å². The van der Waals surface area contributed by atoms with Crippen molar-refractivity contribution in [1.29, 1.82) is 0 Å². The van der Waals surface area contributed by atoms with Crippen LogP contribution in [0.2, 0.25) is 0 Å². The molecule has 1 unspecified atom stereocenters. The molecule has 1 aliphatic rings. The maximum absolute atomic E-state index is 14.0. The summed E-state index contributed by atoms with van der Waals surface area (Å²) >= 11 is 0. The zero-order chi connectivity index (χ0) is 14.5. The van der Waals surface area contributed by atoms with Gasteiger partial charge in [0.1, 0.15) is 12.0 Å². The van der Waals surface area contributed by atoms with Gasteiger partial charge in [0.2, 0.25) is 0 Å². The fourth-order valence-electron chi connectivity index (χ4n) is 2.18. The molecule has 1 aromatic rings. The standard InChI is InChI=1S/C14H21FN4O/c1-10(20-2)18-14(16)11-3-4-12(15)13(9-11)19-7-5-17-6-8-19/h3-4,9,14,17H,5-8,16H2,1-2H3. The van der Waals surface area contributed by atoms with Gasteiger partial charge >= 0.3 is 0 Å². The van der Waals surface area contributed by atoms with Gasteiger partial charge in [0.15, 0.2) is 5.90 Å². The van der Waals surface area contributed by atoms with E-state index in [1.165, 1.54) is 6.07 Å². The lowest BCUT2D eigenvalue weighted by atomic mass is 10.1. The highest BCUT2D eigenvalue weighted by molar-refractivity contribution is 5.73. The van der Waals surface area contributed by atoms with Crippen LogP contribution < -0.4 is 16.0 Å². The van der Waals surface area contributed by atoms with Crippen LogP contribution in [0.4, 0.5) is 10.1 Å². The molecule has 0 radical (unpaired) electrons. The number of aliphatic imine (C=N–C) groups is 1. The highest BCUT2D eigenvalue weighted by atomic mass is 19.1. The second kappa shape index (κ2) is 6.67. The molecule has 20 heavy (non-hydrogen) atoms. The van der Waals surface area contributed by atoms with E-state index in [-0.39, 0.29) is 5.82 Å². The van der Waals surface area contributed by atoms with Crippen molar-refractivity contribution >= 4 is 11.6 Å². The van der Waals surface area contributed by atoms with Gasteiger partial charge in [-0.25, -0.2) is 9.38 Å². The van der Waals surface area contributed by atoms with Gasteiger partial charge in [-0.15, -0.1) is 0 Å². The number of nitrogens with one attached hydrogen (secondary N) is 1. The van der Waals surface area contributed by atoms with E-state index in [1.54, 1.807) is 26.2 Å². The van der Waals surface area contributed by atoms with Crippen molar-refractivity contribution in [2.45, 2.75) is 13.1 Å². The van der Waals surface area contributed by atoms with Crippen molar-refractivity contribution in [2.24, 2.45) is 10.7 Å². The van der Waals surface area contributed by atoms with Gasteiger partial charge in [-0.05, 0) is 17.7 Å². The van der Waals surface area contributed by atoms with Crippen molar-refractivity contribution in [1.82, 2.24) is 5.32 Å². The number of benzene rings is 1. The van der Waals surface area contributed by atoms with E-state index in [0.29, 0.717) is 11.6 Å². The van der Waals surface area contributed by atoms with Crippen molar-refractivity contribution in [3.8, 4) is 0 Å². The van der Waals surface area contributed by atoms with Crippen LogP contribution >= 0.6 is 0 Å². The number of methoxy groups -OCH3 is 1. The lowest BCUT2D eigenvalue weighted by Crippen LogP contribution is -2.43. The molecular formula is C14H21FN4O. The topological polar surface area (TPSA) is 62.9 Å². The largest absolute Gasteiger partial charge is 0.484 e. The molecule has 1 aromatic carbocycles. The number of rotatable bonds is 3. The fraction of sp³-hybridized carbons (Fsp3) is 0.500. The van der Waals surface area contributed by atoms with Gasteiger partial charge < -0.3 is 20.7 Å². The summed E-state index contributed by atoms with van der Waals surface area (Å²) in [5.74, 6) is 0.279. The Morgan fingerprint density at radius 3 is 2.80 bits per heavy atom. The van der Waals surface area contributed by atoms with E-state index >= 15 is 0 Å². The van der Waals surface area contributed by atoms with Crippen LogP contribution in [0.3, 0.4) is 0 Å². The van der Waals surface area contributed by atoms with Crippen molar-refractivity contribution in [3.05, 3.63) is 29.6 Å². The second-order valence-electron chi connectivity index (χ2n) is 4.74. The number of halogens is 1. The molecule has 1 atom stereocenters. The molecule has 0 aliphatic carbocycles. The number of piperazine rings is 1. The summed E-state index contributed by atoms with van der Waals surface area (Å²) in [6, 6.07) is 4.89. The smallest absolute Gasteiger partial charge is 0.181 e. The van der Waals surface area contributed by atoms with Crippen LogP contribution in [-0.4, -0.2) is 39.2 Å². The molecule has 1 fully saturated rings. The molecule has 1 saturated heterocycles. The number of hydrogen-bond acceptors (Lipinski definition) is 5. The SMILES string of the molecule is COC(C)=NC(N)c1ccc(F)c(N2CCNCC2)c1. The molecule has 110 valence electrons. The van der Waals surface area contributed by atoms with Gasteiger partial charge in [-0.1, -0.05) is 6.07 Å². The molecule has 0 amide bonds. The van der Waals surface area contributed by atoms with Crippen molar-refractivity contribution in [3.63, 3.8) is 0 Å². The Morgan fingerprint density at radius 2 is 2.15 bits per heavy atom. The maximum atomic E-state index is 14.0. The van der Waals surface area contributed by atoms with E-state index in [1.807, 2.05) is 4.90 Å². The lowest BCUT2D eigenvalue weighted by molar-refractivity contribution is 0.394. The lowest BCUT2D eigenvalue weighted by Gasteiger charge is -2.30. The first-order valence-electron chi connectivity index (χ1n) is 6.71. The van der Waals surface area contributed by atoms with E-state index < -0.39 is 6.17 Å². The first-order chi connectivity index (χ1) is 9.61. The average molecular weight is 280 g/mol. The second-order valence-corrected chi connectivity index (χ2v) is 4.74. The van der Waals surface area contributed by atoms with Crippen LogP contribution in [0.25, 0.3) is 0 Å².